The van der Waals surface area contributed by atoms with Gasteiger partial charge in [0, 0.05) is 0 Å². The van der Waals surface area contributed by atoms with Crippen molar-refractivity contribution in [3.8, 4) is 17.3 Å². The van der Waals surface area contributed by atoms with Crippen LogP contribution in [0.1, 0.15) is 32.9 Å². The van der Waals surface area contributed by atoms with Crippen LogP contribution in [0.2, 0.25) is 0 Å². The van der Waals surface area contributed by atoms with Crippen molar-refractivity contribution >= 4 is 21.1 Å². The molecule has 13 heteroatoms. The predicted octanol–water partition coefficient (Wildman–Crippen LogP) is -1.61. The Labute approximate surface area is 209 Å². The van der Waals surface area contributed by atoms with Gasteiger partial charge in [-0.3, -0.25) is 0 Å². The molecule has 186 valence electrons. The fourth-order valence-electron chi connectivity index (χ4n) is 3.74. The summed E-state index contributed by atoms with van der Waals surface area (Å²) in [6.07, 6.45) is 2.94. The van der Waals surface area contributed by atoms with Gasteiger partial charge >= 0.3 is 210 Å². The second-order valence-electron chi connectivity index (χ2n) is 7.90. The Morgan fingerprint density at radius 1 is 1.15 bits per heavy atom. The van der Waals surface area contributed by atoms with Crippen LogP contribution in [0.5, 0.6) is 5.88 Å². The number of rotatable bonds is 9. The van der Waals surface area contributed by atoms with E-state index in [0.717, 1.165) is 23.1 Å². The first-order chi connectivity index (χ1) is 16.4. The summed E-state index contributed by atoms with van der Waals surface area (Å²) in [6, 6.07) is 1.51. The van der Waals surface area contributed by atoms with Crippen molar-refractivity contribution in [1.82, 2.24) is 34.4 Å². The number of nitrogens with one attached hydrogen (secondary N) is 2. The molecule has 2 N–H and O–H groups in total. The van der Waals surface area contributed by atoms with Gasteiger partial charge in [-0.1, -0.05) is 0 Å². The van der Waals surface area contributed by atoms with Gasteiger partial charge in [-0.25, -0.2) is 0 Å². The molecule has 0 radical (unpaired) electrons. The third-order valence-electron chi connectivity index (χ3n) is 5.73. The van der Waals surface area contributed by atoms with Crippen LogP contribution in [0, 0.1) is 0 Å². The van der Waals surface area contributed by atoms with E-state index in [2.05, 4.69) is 43.9 Å². The first-order valence-electron chi connectivity index (χ1n) is 11.3. The van der Waals surface area contributed by atoms with E-state index >= 15 is 0 Å². The number of likely N-dealkylation sites (N-methyl/N-ethyl adjacent to an activating group) is 1. The van der Waals surface area contributed by atoms with Crippen molar-refractivity contribution in [3.63, 3.8) is 0 Å². The van der Waals surface area contributed by atoms with Crippen LogP contribution < -0.4 is 30.2 Å². The zero-order chi connectivity index (χ0) is 24.3. The number of H-pyrrole nitrogens is 2. The number of nitrogens with zero attached hydrogens (tertiary/aromatic N) is 5. The van der Waals surface area contributed by atoms with Gasteiger partial charge in [0.1, 0.15) is 0 Å². The first-order valence-corrected chi connectivity index (χ1v) is 15.2. The summed E-state index contributed by atoms with van der Waals surface area (Å²) in [5, 5.41) is 6.90. The van der Waals surface area contributed by atoms with E-state index in [1.54, 1.807) is 0 Å². The number of aromatic nitrogens is 5. The van der Waals surface area contributed by atoms with Gasteiger partial charge < -0.3 is 0 Å². The molecule has 34 heavy (non-hydrogen) atoms. The maximum atomic E-state index is 13.4. The molecule has 1 aliphatic heterocycles. The second-order valence-corrected chi connectivity index (χ2v) is 12.0. The monoisotopic (exact) mass is 602 g/mol. The first kappa shape index (κ1) is 25.0. The van der Waals surface area contributed by atoms with Crippen LogP contribution >= 0.6 is 0 Å². The summed E-state index contributed by atoms with van der Waals surface area (Å²) in [5.74, 6) is 0.490. The molecular formula is C21H29IN7O4S-. The summed E-state index contributed by atoms with van der Waals surface area (Å²) < 4.78 is 35.2. The molecule has 0 bridgehead atoms. The molecule has 0 amide bonds. The van der Waals surface area contributed by atoms with Crippen LogP contribution in [0.3, 0.4) is 0 Å². The molecule has 0 unspecified atom stereocenters. The second kappa shape index (κ2) is 10.7. The number of piperazine rings is 1. The molecule has 1 fully saturated rings. The molecule has 4 heterocycles. The molecule has 0 aliphatic carbocycles. The number of hydrogen-bond donors (Lipinski definition) is 2. The molecule has 1 aliphatic rings. The Morgan fingerprint density at radius 3 is 2.59 bits per heavy atom. The minimum absolute atomic E-state index is 0.0548. The fraction of sp³-hybridized carbons (Fsp3) is 0.524. The topological polar surface area (TPSA) is 137 Å². The Balaban J connectivity index is 1.78. The van der Waals surface area contributed by atoms with E-state index in [4.69, 9.17) is 3.07 Å². The molecule has 4 rings (SSSR count). The Kier molecular flexibility index (Phi) is 7.84. The van der Waals surface area contributed by atoms with E-state index in [-0.39, 0.29) is 22.1 Å². The number of aromatic amines is 2. The third kappa shape index (κ3) is 4.97. The van der Waals surface area contributed by atoms with Gasteiger partial charge in [0.15, 0.2) is 0 Å². The number of alkyl halides is 1. The summed E-state index contributed by atoms with van der Waals surface area (Å²) in [4.78, 5) is 26.7. The van der Waals surface area contributed by atoms with E-state index in [9.17, 15) is 13.2 Å². The van der Waals surface area contributed by atoms with Crippen molar-refractivity contribution in [1.29, 1.82) is 0 Å². The third-order valence-corrected chi connectivity index (χ3v) is 9.84. The van der Waals surface area contributed by atoms with Crippen LogP contribution in [0.15, 0.2) is 22.0 Å². The number of pyridine rings is 1. The molecule has 1 saturated heterocycles. The number of fused-ring (bicyclic) bond motifs is 1. The number of hydrogen-bond acceptors (Lipinski definition) is 8. The van der Waals surface area contributed by atoms with Crippen LogP contribution in [-0.4, -0.2) is 79.9 Å². The molecule has 11 nitrogen and oxygen atoms in total. The van der Waals surface area contributed by atoms with E-state index in [1.165, 1.54) is 16.6 Å². The Hall–Kier alpha value is -2.10. The average molecular weight is 602 g/mol. The van der Waals surface area contributed by atoms with Crippen molar-refractivity contribution < 1.29 is 33.1 Å². The quantitative estimate of drug-likeness (QED) is 0.170. The van der Waals surface area contributed by atoms with Gasteiger partial charge in [-0.15, -0.1) is 0 Å². The molecule has 0 atom stereocenters. The molecule has 0 saturated carbocycles. The predicted molar refractivity (Wildman–Crippen MR) is 124 cm³/mol. The molecule has 3 aromatic rings. The van der Waals surface area contributed by atoms with E-state index < -0.39 is 37.2 Å². The standard InChI is InChI=1S/C21H29IN7O4S/c1-4-7-22-33-21-15(19-24-17-16(5-2)26-27-18(17)20(30)25-19)12-14(13-23-21)34(31,32)29-10-8-28(6-3)9-11-29/h12-13H,4-11H2,1-3H3,(H,26,27)(H,24,25,30)/q-1. The number of aryl methyl sites for hydroxylation is 1. The average Bonchev–Trinajstić information content (AvgIpc) is 3.28. The van der Waals surface area contributed by atoms with Gasteiger partial charge in [0.2, 0.25) is 0 Å². The van der Waals surface area contributed by atoms with Crippen molar-refractivity contribution in [2.24, 2.45) is 0 Å². The maximum absolute atomic E-state index is 13.4. The zero-order valence-electron chi connectivity index (χ0n) is 19.5. The van der Waals surface area contributed by atoms with E-state index in [1.807, 2.05) is 6.92 Å². The number of halogens is 1. The summed E-state index contributed by atoms with van der Waals surface area (Å²) in [6.45, 7) is 9.17. The molecule has 0 aromatic carbocycles. The summed E-state index contributed by atoms with van der Waals surface area (Å²) in [5.41, 5.74) is 1.35. The number of sulfonamides is 1. The normalized spacial score (nSPS) is 15.9. The Morgan fingerprint density at radius 2 is 1.91 bits per heavy atom. The van der Waals surface area contributed by atoms with Gasteiger partial charge in [-0.05, 0) is 0 Å². The van der Waals surface area contributed by atoms with Crippen molar-refractivity contribution in [2.45, 2.75) is 38.5 Å². The van der Waals surface area contributed by atoms with Crippen molar-refractivity contribution in [2.75, 3.05) is 37.2 Å². The van der Waals surface area contributed by atoms with Gasteiger partial charge in [-0.2, -0.15) is 0 Å². The molecule has 0 spiro atoms. The summed E-state index contributed by atoms with van der Waals surface area (Å²) in [7, 11) is -3.76. The van der Waals surface area contributed by atoms with Gasteiger partial charge in [0.25, 0.3) is 0 Å². The molecule has 3 aromatic heterocycles. The van der Waals surface area contributed by atoms with Crippen LogP contribution in [0.25, 0.3) is 22.4 Å². The van der Waals surface area contributed by atoms with Crippen LogP contribution in [-0.2, 0) is 16.4 Å². The Bertz CT molecular complexity index is 1320. The zero-order valence-corrected chi connectivity index (χ0v) is 22.4. The van der Waals surface area contributed by atoms with Crippen molar-refractivity contribution in [3.05, 3.63) is 28.3 Å². The summed E-state index contributed by atoms with van der Waals surface area (Å²) >= 11 is -0.631. The van der Waals surface area contributed by atoms with E-state index in [0.29, 0.717) is 43.7 Å². The fourth-order valence-corrected chi connectivity index (χ4v) is 6.44. The van der Waals surface area contributed by atoms with Gasteiger partial charge in [0.05, 0.1) is 0 Å². The molecular weight excluding hydrogens is 573 g/mol. The SMILES string of the molecule is CCC[I-]Oc1ncc(S(=O)(=O)N2CCN(CC)CC2)cc1-c1nc2c(CC)[nH]nc2c(=O)[nH]1. The van der Waals surface area contributed by atoms with Crippen LogP contribution in [0.4, 0.5) is 0 Å². The minimum atomic E-state index is -3.76.